The third kappa shape index (κ3) is 60.0. The zero-order valence-electron chi connectivity index (χ0n) is 49.9. The first-order chi connectivity index (χ1) is 36.0. The van der Waals surface area contributed by atoms with Crippen LogP contribution in [-0.2, 0) is 14.3 Å². The highest BCUT2D eigenvalue weighted by molar-refractivity contribution is 5.76. The van der Waals surface area contributed by atoms with Crippen molar-refractivity contribution in [3.05, 3.63) is 0 Å². The number of hydrogen-bond donors (Lipinski definition) is 3. The molecule has 0 aromatic rings. The van der Waals surface area contributed by atoms with Gasteiger partial charge in [0.1, 0.15) is 0 Å². The molecule has 0 radical (unpaired) electrons. The van der Waals surface area contributed by atoms with Crippen LogP contribution >= 0.6 is 0 Å². The lowest BCUT2D eigenvalue weighted by atomic mass is 10.0. The Kier molecular flexibility index (Phi) is 62.4. The fourth-order valence-electron chi connectivity index (χ4n) is 11.0. The number of aliphatic hydroxyl groups excluding tert-OH is 2. The standard InChI is InChI=1S/C67H133NO5/c1-3-5-7-9-11-13-15-17-19-21-28-31-35-39-43-47-51-55-59-65(70)64(63-69)68-66(71)60-56-52-48-44-40-36-32-29-26-24-22-23-25-27-30-34-38-42-46-50-54-58-62-73-67(72)61-57-53-49-45-41-37-33-20-18-16-14-12-10-8-6-4-2/h64-65,69-70H,3-63H2,1-2H3,(H,68,71). The van der Waals surface area contributed by atoms with Crippen LogP contribution in [0.4, 0.5) is 0 Å². The highest BCUT2D eigenvalue weighted by Gasteiger charge is 2.20. The van der Waals surface area contributed by atoms with Crippen LogP contribution in [0.25, 0.3) is 0 Å². The van der Waals surface area contributed by atoms with Gasteiger partial charge in [-0.1, -0.05) is 354 Å². The molecule has 0 heterocycles. The van der Waals surface area contributed by atoms with Crippen molar-refractivity contribution in [2.24, 2.45) is 0 Å². The summed E-state index contributed by atoms with van der Waals surface area (Å²) < 4.78 is 5.50. The molecule has 0 aliphatic carbocycles. The fourth-order valence-corrected chi connectivity index (χ4v) is 11.0. The monoisotopic (exact) mass is 1030 g/mol. The third-order valence-electron chi connectivity index (χ3n) is 16.2. The highest BCUT2D eigenvalue weighted by atomic mass is 16.5. The van der Waals surface area contributed by atoms with E-state index in [1.54, 1.807) is 0 Å². The molecule has 0 saturated carbocycles. The minimum atomic E-state index is -0.664. The van der Waals surface area contributed by atoms with Gasteiger partial charge in [-0.3, -0.25) is 9.59 Å². The molecule has 2 unspecified atom stereocenters. The Morgan fingerprint density at radius 3 is 0.836 bits per heavy atom. The number of aliphatic hydroxyl groups is 2. The molecular weight excluding hydrogens is 899 g/mol. The van der Waals surface area contributed by atoms with Crippen LogP contribution in [-0.4, -0.2) is 47.4 Å². The number of carbonyl (C=O) groups excluding carboxylic acids is 2. The molecular formula is C67H133NO5. The van der Waals surface area contributed by atoms with E-state index in [9.17, 15) is 19.8 Å². The molecule has 0 aliphatic heterocycles. The SMILES string of the molecule is CCCCCCCCCCCCCCCCCCCCC(O)C(CO)NC(=O)CCCCCCCCCCCCCCCCCCCCCCCCOC(=O)CCCCCCCCCCCCCCCCCC. The number of esters is 1. The number of ether oxygens (including phenoxy) is 1. The van der Waals surface area contributed by atoms with Crippen molar-refractivity contribution in [1.82, 2.24) is 5.32 Å². The van der Waals surface area contributed by atoms with E-state index < -0.39 is 12.1 Å². The number of rotatable bonds is 64. The summed E-state index contributed by atoms with van der Waals surface area (Å²) >= 11 is 0. The molecule has 0 aromatic heterocycles. The van der Waals surface area contributed by atoms with Crippen molar-refractivity contribution in [1.29, 1.82) is 0 Å². The van der Waals surface area contributed by atoms with Gasteiger partial charge in [0.05, 0.1) is 25.4 Å². The summed E-state index contributed by atoms with van der Waals surface area (Å²) in [5.41, 5.74) is 0. The summed E-state index contributed by atoms with van der Waals surface area (Å²) in [6.45, 7) is 5.00. The zero-order valence-corrected chi connectivity index (χ0v) is 49.9. The molecule has 73 heavy (non-hydrogen) atoms. The first kappa shape index (κ1) is 71.9. The maximum Gasteiger partial charge on any atom is 0.305 e. The molecule has 1 amide bonds. The van der Waals surface area contributed by atoms with E-state index in [0.29, 0.717) is 25.9 Å². The van der Waals surface area contributed by atoms with Crippen LogP contribution in [0.5, 0.6) is 0 Å². The molecule has 0 bridgehead atoms. The minimum Gasteiger partial charge on any atom is -0.466 e. The lowest BCUT2D eigenvalue weighted by Crippen LogP contribution is -2.45. The Balaban J connectivity index is 3.35. The molecule has 6 heteroatoms. The second-order valence-corrected chi connectivity index (χ2v) is 23.5. The van der Waals surface area contributed by atoms with Crippen LogP contribution in [0.3, 0.4) is 0 Å². The summed E-state index contributed by atoms with van der Waals surface area (Å²) in [7, 11) is 0. The Labute approximate surface area is 457 Å². The topological polar surface area (TPSA) is 95.9 Å². The van der Waals surface area contributed by atoms with Crippen molar-refractivity contribution in [2.75, 3.05) is 13.2 Å². The summed E-state index contributed by atoms with van der Waals surface area (Å²) in [4.78, 5) is 24.6. The van der Waals surface area contributed by atoms with Gasteiger partial charge in [0.25, 0.3) is 0 Å². The quantitative estimate of drug-likeness (QED) is 0.0417. The Hall–Kier alpha value is -1.14. The molecule has 3 N–H and O–H groups in total. The van der Waals surface area contributed by atoms with Crippen molar-refractivity contribution in [3.63, 3.8) is 0 Å². The zero-order chi connectivity index (χ0) is 52.9. The van der Waals surface area contributed by atoms with Gasteiger partial charge in [-0.2, -0.15) is 0 Å². The van der Waals surface area contributed by atoms with Crippen LogP contribution < -0.4 is 5.32 Å². The van der Waals surface area contributed by atoms with E-state index in [1.165, 1.54) is 321 Å². The lowest BCUT2D eigenvalue weighted by Gasteiger charge is -2.22. The van der Waals surface area contributed by atoms with E-state index in [1.807, 2.05) is 0 Å². The largest absolute Gasteiger partial charge is 0.466 e. The van der Waals surface area contributed by atoms with Crippen LogP contribution in [0.15, 0.2) is 0 Å². The third-order valence-corrected chi connectivity index (χ3v) is 16.2. The van der Waals surface area contributed by atoms with Gasteiger partial charge in [-0.15, -0.1) is 0 Å². The Morgan fingerprint density at radius 1 is 0.329 bits per heavy atom. The molecule has 0 fully saturated rings. The van der Waals surface area contributed by atoms with Crippen LogP contribution in [0, 0.1) is 0 Å². The predicted octanol–water partition coefficient (Wildman–Crippen LogP) is 21.4. The molecule has 2 atom stereocenters. The smallest absolute Gasteiger partial charge is 0.305 e. The molecule has 0 rings (SSSR count). The number of nitrogens with one attached hydrogen (secondary N) is 1. The summed E-state index contributed by atoms with van der Waals surface area (Å²) in [5, 5.41) is 23.4. The molecule has 6 nitrogen and oxygen atoms in total. The van der Waals surface area contributed by atoms with E-state index >= 15 is 0 Å². The second kappa shape index (κ2) is 63.4. The van der Waals surface area contributed by atoms with E-state index in [-0.39, 0.29) is 18.5 Å². The molecule has 0 saturated heterocycles. The summed E-state index contributed by atoms with van der Waals surface area (Å²) in [6, 6.07) is -0.541. The average Bonchev–Trinajstić information content (AvgIpc) is 3.39. The number of hydrogen-bond acceptors (Lipinski definition) is 5. The highest BCUT2D eigenvalue weighted by Crippen LogP contribution is 2.19. The average molecular weight is 1030 g/mol. The fraction of sp³-hybridized carbons (Fsp3) is 0.970. The van der Waals surface area contributed by atoms with Gasteiger partial charge in [-0.05, 0) is 25.7 Å². The summed E-state index contributed by atoms with van der Waals surface area (Å²) in [6.07, 6.45) is 75.6. The van der Waals surface area contributed by atoms with Gasteiger partial charge in [0.15, 0.2) is 0 Å². The van der Waals surface area contributed by atoms with Gasteiger partial charge < -0.3 is 20.3 Å². The van der Waals surface area contributed by atoms with Crippen LogP contribution in [0.2, 0.25) is 0 Å². The maximum absolute atomic E-state index is 12.5. The van der Waals surface area contributed by atoms with Crippen LogP contribution in [0.1, 0.15) is 393 Å². The Morgan fingerprint density at radius 2 is 0.562 bits per heavy atom. The number of carbonyl (C=O) groups is 2. The maximum atomic E-state index is 12.5. The molecule has 0 aromatic carbocycles. The van der Waals surface area contributed by atoms with E-state index in [0.717, 1.165) is 38.5 Å². The van der Waals surface area contributed by atoms with Gasteiger partial charge in [0, 0.05) is 12.8 Å². The Bertz CT molecular complexity index is 1050. The number of unbranched alkanes of at least 4 members (excludes halogenated alkanes) is 53. The van der Waals surface area contributed by atoms with E-state index in [2.05, 4.69) is 19.2 Å². The summed E-state index contributed by atoms with van der Waals surface area (Å²) in [5.74, 6) is -0.0124. The van der Waals surface area contributed by atoms with Crippen molar-refractivity contribution < 1.29 is 24.5 Å². The molecule has 0 spiro atoms. The number of amides is 1. The van der Waals surface area contributed by atoms with Gasteiger partial charge >= 0.3 is 5.97 Å². The van der Waals surface area contributed by atoms with Crippen molar-refractivity contribution in [3.8, 4) is 0 Å². The molecule has 436 valence electrons. The van der Waals surface area contributed by atoms with Crippen molar-refractivity contribution >= 4 is 11.9 Å². The lowest BCUT2D eigenvalue weighted by molar-refractivity contribution is -0.143. The van der Waals surface area contributed by atoms with Crippen molar-refractivity contribution in [2.45, 2.75) is 405 Å². The first-order valence-corrected chi connectivity index (χ1v) is 33.8. The normalized spacial score (nSPS) is 12.4. The minimum absolute atomic E-state index is 0.0181. The predicted molar refractivity (Wildman–Crippen MR) is 320 cm³/mol. The first-order valence-electron chi connectivity index (χ1n) is 33.8. The van der Waals surface area contributed by atoms with E-state index in [4.69, 9.17) is 4.74 Å². The molecule has 0 aliphatic rings. The second-order valence-electron chi connectivity index (χ2n) is 23.5. The van der Waals surface area contributed by atoms with Gasteiger partial charge in [-0.25, -0.2) is 0 Å². The van der Waals surface area contributed by atoms with Gasteiger partial charge in [0.2, 0.25) is 5.91 Å².